The Balaban J connectivity index is 1.55. The second kappa shape index (κ2) is 10.4. The fourth-order valence-corrected chi connectivity index (χ4v) is 5.93. The maximum Gasteiger partial charge on any atom is 0.241 e. The van der Waals surface area contributed by atoms with Crippen LogP contribution in [0.5, 0.6) is 0 Å². The highest BCUT2D eigenvalue weighted by Gasteiger charge is 2.24. The molecular weight excluding hydrogens is 410 g/mol. The van der Waals surface area contributed by atoms with Crippen LogP contribution in [0.2, 0.25) is 0 Å². The molecule has 1 aliphatic heterocycles. The zero-order valence-corrected chi connectivity index (χ0v) is 19.5. The maximum absolute atomic E-state index is 12.7. The van der Waals surface area contributed by atoms with E-state index < -0.39 is 10.0 Å². The van der Waals surface area contributed by atoms with E-state index in [0.29, 0.717) is 22.6 Å². The lowest BCUT2D eigenvalue weighted by atomic mass is 10.1. The van der Waals surface area contributed by atoms with E-state index in [1.165, 1.54) is 18.4 Å². The van der Waals surface area contributed by atoms with Crippen molar-refractivity contribution in [2.75, 3.05) is 26.2 Å². The summed E-state index contributed by atoms with van der Waals surface area (Å²) in [5.74, 6) is -0.153. The Labute approximate surface area is 186 Å². The molecule has 0 spiro atoms. The highest BCUT2D eigenvalue weighted by atomic mass is 32.2. The van der Waals surface area contributed by atoms with Crippen LogP contribution in [0, 0.1) is 20.8 Å². The maximum atomic E-state index is 12.7. The monoisotopic (exact) mass is 443 g/mol. The first-order chi connectivity index (χ1) is 14.8. The van der Waals surface area contributed by atoms with Gasteiger partial charge < -0.3 is 5.32 Å². The number of hydrogen-bond donors (Lipinski definition) is 2. The number of benzene rings is 2. The number of nitrogens with one attached hydrogen (secondary N) is 2. The lowest BCUT2D eigenvalue weighted by molar-refractivity contribution is -0.121. The lowest BCUT2D eigenvalue weighted by Crippen LogP contribution is -2.38. The Kier molecular flexibility index (Phi) is 7.86. The van der Waals surface area contributed by atoms with Gasteiger partial charge in [-0.1, -0.05) is 48.0 Å². The average molecular weight is 444 g/mol. The quantitative estimate of drug-likeness (QED) is 0.624. The van der Waals surface area contributed by atoms with E-state index in [-0.39, 0.29) is 24.9 Å². The van der Waals surface area contributed by atoms with Gasteiger partial charge in [0.2, 0.25) is 15.9 Å². The molecule has 3 rings (SSSR count). The molecule has 1 fully saturated rings. The molecule has 0 radical (unpaired) electrons. The van der Waals surface area contributed by atoms with Crippen molar-refractivity contribution in [3.63, 3.8) is 0 Å². The molecule has 0 saturated carbocycles. The number of rotatable bonds is 9. The molecule has 1 amide bonds. The van der Waals surface area contributed by atoms with E-state index in [9.17, 15) is 13.2 Å². The predicted octanol–water partition coefficient (Wildman–Crippen LogP) is 3.23. The number of hydrogen-bond acceptors (Lipinski definition) is 4. The molecule has 0 bridgehead atoms. The summed E-state index contributed by atoms with van der Waals surface area (Å²) in [6.07, 6.45) is 2.46. The van der Waals surface area contributed by atoms with Crippen molar-refractivity contribution in [1.29, 1.82) is 0 Å². The summed E-state index contributed by atoms with van der Waals surface area (Å²) < 4.78 is 28.1. The molecule has 2 aromatic rings. The zero-order chi connectivity index (χ0) is 22.4. The van der Waals surface area contributed by atoms with E-state index >= 15 is 0 Å². The van der Waals surface area contributed by atoms with Gasteiger partial charge in [0.05, 0.1) is 10.9 Å². The first kappa shape index (κ1) is 23.4. The number of sulfonamides is 1. The van der Waals surface area contributed by atoms with Crippen LogP contribution in [0.3, 0.4) is 0 Å². The molecule has 2 aromatic carbocycles. The third kappa shape index (κ3) is 6.15. The summed E-state index contributed by atoms with van der Waals surface area (Å²) in [7, 11) is -3.66. The molecule has 6 nitrogen and oxygen atoms in total. The van der Waals surface area contributed by atoms with Crippen LogP contribution in [0.4, 0.5) is 0 Å². The van der Waals surface area contributed by atoms with Gasteiger partial charge in [-0.05, 0) is 63.4 Å². The fraction of sp³-hybridized carbons (Fsp3) is 0.458. The summed E-state index contributed by atoms with van der Waals surface area (Å²) >= 11 is 0. The third-order valence-corrected chi connectivity index (χ3v) is 7.54. The van der Waals surface area contributed by atoms with Gasteiger partial charge in [-0.2, -0.15) is 0 Å². The predicted molar refractivity (Wildman–Crippen MR) is 123 cm³/mol. The number of carbonyl (C=O) groups is 1. The summed E-state index contributed by atoms with van der Waals surface area (Å²) in [6, 6.07) is 14.1. The summed E-state index contributed by atoms with van der Waals surface area (Å²) in [5.41, 5.74) is 3.64. The van der Waals surface area contributed by atoms with Crippen LogP contribution in [-0.2, 0) is 14.8 Å². The molecule has 168 valence electrons. The molecule has 0 aromatic heterocycles. The molecule has 1 aliphatic rings. The second-order valence-electron chi connectivity index (χ2n) is 8.35. The summed E-state index contributed by atoms with van der Waals surface area (Å²) in [5, 5.41) is 3.00. The van der Waals surface area contributed by atoms with Gasteiger partial charge >= 0.3 is 0 Å². The van der Waals surface area contributed by atoms with Crippen LogP contribution in [-0.4, -0.2) is 45.4 Å². The van der Waals surface area contributed by atoms with Crippen molar-refractivity contribution < 1.29 is 13.2 Å². The standard InChI is InChI=1S/C24H33N3O3S/c1-18-15-19(2)24(20(3)16-18)31(29,30)26-12-11-23(28)25-17-22(27-13-7-8-14-27)21-9-5-4-6-10-21/h4-6,9-10,15-16,22,26H,7-8,11-14,17H2,1-3H3,(H,25,28). The van der Waals surface area contributed by atoms with E-state index in [2.05, 4.69) is 27.1 Å². The average Bonchev–Trinajstić information content (AvgIpc) is 3.22. The molecule has 1 unspecified atom stereocenters. The van der Waals surface area contributed by atoms with E-state index in [4.69, 9.17) is 0 Å². The number of carbonyl (C=O) groups excluding carboxylic acids is 1. The topological polar surface area (TPSA) is 78.5 Å². The number of likely N-dealkylation sites (tertiary alicyclic amines) is 1. The van der Waals surface area contributed by atoms with Crippen LogP contribution >= 0.6 is 0 Å². The van der Waals surface area contributed by atoms with Crippen molar-refractivity contribution in [2.45, 2.75) is 51.0 Å². The van der Waals surface area contributed by atoms with Crippen LogP contribution in [0.1, 0.15) is 47.6 Å². The Bertz CT molecular complexity index is 977. The molecule has 1 atom stereocenters. The first-order valence-corrected chi connectivity index (χ1v) is 12.4. The highest BCUT2D eigenvalue weighted by molar-refractivity contribution is 7.89. The first-order valence-electron chi connectivity index (χ1n) is 10.9. The Hall–Kier alpha value is -2.22. The minimum absolute atomic E-state index is 0.0701. The largest absolute Gasteiger partial charge is 0.354 e. The molecule has 1 heterocycles. The molecule has 7 heteroatoms. The van der Waals surface area contributed by atoms with E-state index in [1.807, 2.05) is 37.3 Å². The lowest BCUT2D eigenvalue weighted by Gasteiger charge is -2.28. The van der Waals surface area contributed by atoms with Gasteiger partial charge in [0, 0.05) is 19.5 Å². The van der Waals surface area contributed by atoms with Gasteiger partial charge in [-0.15, -0.1) is 0 Å². The van der Waals surface area contributed by atoms with E-state index in [0.717, 1.165) is 18.7 Å². The smallest absolute Gasteiger partial charge is 0.241 e. The van der Waals surface area contributed by atoms with Crippen molar-refractivity contribution in [2.24, 2.45) is 0 Å². The van der Waals surface area contributed by atoms with Crippen molar-refractivity contribution >= 4 is 15.9 Å². The number of nitrogens with zero attached hydrogens (tertiary/aromatic N) is 1. The van der Waals surface area contributed by atoms with Crippen LogP contribution in [0.15, 0.2) is 47.4 Å². The van der Waals surface area contributed by atoms with Gasteiger partial charge in [0.15, 0.2) is 0 Å². The van der Waals surface area contributed by atoms with Gasteiger partial charge in [0.1, 0.15) is 0 Å². The Morgan fingerprint density at radius 3 is 2.26 bits per heavy atom. The van der Waals surface area contributed by atoms with Gasteiger partial charge in [0.25, 0.3) is 0 Å². The SMILES string of the molecule is Cc1cc(C)c(S(=O)(=O)NCCC(=O)NCC(c2ccccc2)N2CCCC2)c(C)c1. The van der Waals surface area contributed by atoms with Crippen molar-refractivity contribution in [3.05, 3.63) is 64.7 Å². The minimum Gasteiger partial charge on any atom is -0.354 e. The second-order valence-corrected chi connectivity index (χ2v) is 10.1. The zero-order valence-electron chi connectivity index (χ0n) is 18.6. The third-order valence-electron chi connectivity index (χ3n) is 5.78. The van der Waals surface area contributed by atoms with Gasteiger partial charge in [-0.25, -0.2) is 13.1 Å². The van der Waals surface area contributed by atoms with Gasteiger partial charge in [-0.3, -0.25) is 9.69 Å². The number of amides is 1. The summed E-state index contributed by atoms with van der Waals surface area (Å²) in [4.78, 5) is 15.1. The molecule has 31 heavy (non-hydrogen) atoms. The minimum atomic E-state index is -3.66. The number of aryl methyl sites for hydroxylation is 3. The highest BCUT2D eigenvalue weighted by Crippen LogP contribution is 2.24. The van der Waals surface area contributed by atoms with Crippen molar-refractivity contribution in [3.8, 4) is 0 Å². The molecular formula is C24H33N3O3S. The van der Waals surface area contributed by atoms with E-state index in [1.54, 1.807) is 13.8 Å². The van der Waals surface area contributed by atoms with Crippen LogP contribution in [0.25, 0.3) is 0 Å². The Morgan fingerprint density at radius 2 is 1.65 bits per heavy atom. The summed E-state index contributed by atoms with van der Waals surface area (Å²) in [6.45, 7) is 8.19. The van der Waals surface area contributed by atoms with Crippen LogP contribution < -0.4 is 10.0 Å². The normalized spacial score (nSPS) is 15.7. The molecule has 0 aliphatic carbocycles. The molecule has 1 saturated heterocycles. The fourth-order valence-electron chi connectivity index (χ4n) is 4.45. The van der Waals surface area contributed by atoms with Crippen molar-refractivity contribution in [1.82, 2.24) is 14.9 Å². The molecule has 2 N–H and O–H groups in total. The Morgan fingerprint density at radius 1 is 1.03 bits per heavy atom.